The van der Waals surface area contributed by atoms with Crippen molar-refractivity contribution in [2.75, 3.05) is 6.54 Å². The van der Waals surface area contributed by atoms with Crippen molar-refractivity contribution in [1.82, 2.24) is 0 Å². The minimum absolute atomic E-state index is 0. The molecule has 0 aliphatic carbocycles. The van der Waals surface area contributed by atoms with E-state index in [4.69, 9.17) is 0 Å². The third-order valence-corrected chi connectivity index (χ3v) is 0.604. The van der Waals surface area contributed by atoms with Crippen LogP contribution >= 0.6 is 0 Å². The van der Waals surface area contributed by atoms with Crippen molar-refractivity contribution >= 4 is 0 Å². The molecule has 0 atom stereocenters. The highest BCUT2D eigenvalue weighted by Gasteiger charge is 1.71. The summed E-state index contributed by atoms with van der Waals surface area (Å²) in [4.78, 5) is 0. The Morgan fingerprint density at radius 1 is 1.50 bits per heavy atom. The predicted molar refractivity (Wildman–Crippen MR) is 22.7 cm³/mol. The van der Waals surface area contributed by atoms with Crippen LogP contribution in [0.2, 0.25) is 0 Å². The number of hydrogen-bond acceptors (Lipinski definition) is 0. The summed E-state index contributed by atoms with van der Waals surface area (Å²) < 4.78 is 0. The van der Waals surface area contributed by atoms with Crippen molar-refractivity contribution in [3.8, 4) is 0 Å². The Morgan fingerprint density at radius 3 is 2.00 bits per heavy atom. The molecule has 0 amide bonds. The first-order valence-electron chi connectivity index (χ1n) is 2.21. The zero-order valence-electron chi connectivity index (χ0n) is 4.21. The third kappa shape index (κ3) is 9.10. The predicted octanol–water partition coefficient (Wildman–Crippen LogP) is -2.97. The van der Waals surface area contributed by atoms with Gasteiger partial charge >= 0.3 is 0 Å². The summed E-state index contributed by atoms with van der Waals surface area (Å²) in [5, 5.41) is 0. The first kappa shape index (κ1) is 9.31. The maximum absolute atomic E-state index is 3.68. The van der Waals surface area contributed by atoms with Crippen molar-refractivity contribution in [1.29, 1.82) is 0 Å². The van der Waals surface area contributed by atoms with Crippen LogP contribution < -0.4 is 10.4 Å². The summed E-state index contributed by atoms with van der Waals surface area (Å²) in [6.07, 6.45) is 2.56. The molecule has 0 fully saturated rings. The van der Waals surface area contributed by atoms with Gasteiger partial charge in [0, 0.05) is 0 Å². The Hall–Kier alpha value is -0.110. The monoisotopic (exact) mass is 93.1 g/mol. The summed E-state index contributed by atoms with van der Waals surface area (Å²) >= 11 is 0. The lowest BCUT2D eigenvalue weighted by Crippen LogP contribution is -3.00. The van der Waals surface area contributed by atoms with Gasteiger partial charge in [-0.3, -0.25) is 0 Å². The van der Waals surface area contributed by atoms with E-state index in [1.165, 1.54) is 12.8 Å². The molecule has 0 saturated heterocycles. The van der Waals surface area contributed by atoms with E-state index in [1.807, 2.05) is 0 Å². The minimum Gasteiger partial charge on any atom is -1.00 e. The molecule has 0 aromatic rings. The summed E-state index contributed by atoms with van der Waals surface area (Å²) in [5.74, 6) is 0. The van der Waals surface area contributed by atoms with Gasteiger partial charge in [0.15, 0.2) is 0 Å². The van der Waals surface area contributed by atoms with E-state index in [0.29, 0.717) is 0 Å². The third-order valence-electron chi connectivity index (χ3n) is 0.604. The highest BCUT2D eigenvalue weighted by molar-refractivity contribution is 4.21. The zero-order chi connectivity index (χ0) is 4.12. The summed E-state index contributed by atoms with van der Waals surface area (Å²) in [6.45, 7) is 3.27. The van der Waals surface area contributed by atoms with Crippen LogP contribution in [0, 0.1) is 0 Å². The number of hydrogen-bond donors (Lipinski definition) is 1. The van der Waals surface area contributed by atoms with Crippen LogP contribution in [0.3, 0.4) is 0 Å². The number of rotatable bonds is 2. The molecule has 0 heterocycles. The number of halogens is 1. The van der Waals surface area contributed by atoms with Crippen LogP contribution in [0.4, 0.5) is 0 Å². The first-order valence-corrected chi connectivity index (χ1v) is 2.21. The molecule has 0 aromatic heterocycles. The second-order valence-electron chi connectivity index (χ2n) is 1.21. The number of unbranched alkanes of at least 4 members (excludes halogenated alkanes) is 1. The van der Waals surface area contributed by atoms with E-state index < -0.39 is 0 Å². The van der Waals surface area contributed by atoms with E-state index in [2.05, 4.69) is 12.7 Å². The zero-order valence-corrected chi connectivity index (χ0v) is 4.21. The molecule has 6 heavy (non-hydrogen) atoms. The minimum atomic E-state index is 0. The Balaban J connectivity index is 0. The van der Waals surface area contributed by atoms with Gasteiger partial charge in [0.2, 0.25) is 0 Å². The van der Waals surface area contributed by atoms with E-state index in [-0.39, 0.29) is 4.70 Å². The largest absolute Gasteiger partial charge is 1.00 e. The van der Waals surface area contributed by atoms with Gasteiger partial charge in [-0.25, -0.2) is 0 Å². The second kappa shape index (κ2) is 8.86. The molecule has 0 aliphatic rings. The van der Waals surface area contributed by atoms with Gasteiger partial charge in [0.1, 0.15) is 0 Å². The SMILES string of the molecule is CCCC[NH3+].[F-]. The first-order chi connectivity index (χ1) is 2.41. The van der Waals surface area contributed by atoms with Crippen LogP contribution in [0.5, 0.6) is 0 Å². The molecule has 0 bridgehead atoms. The molecular weight excluding hydrogens is 81.0 g/mol. The lowest BCUT2D eigenvalue weighted by atomic mass is 10.3. The molecule has 1 nitrogen and oxygen atoms in total. The molecule has 0 radical (unpaired) electrons. The molecule has 0 rings (SSSR count). The van der Waals surface area contributed by atoms with Crippen LogP contribution in [0.1, 0.15) is 19.8 Å². The molecule has 0 aromatic carbocycles. The Bertz CT molecular complexity index is 15.0. The molecule has 2 heteroatoms. The van der Waals surface area contributed by atoms with Crippen LogP contribution in [-0.2, 0) is 0 Å². The molecule has 0 unspecified atom stereocenters. The fourth-order valence-corrected chi connectivity index (χ4v) is 0.250. The maximum atomic E-state index is 3.68. The topological polar surface area (TPSA) is 27.6 Å². The Morgan fingerprint density at radius 2 is 2.00 bits per heavy atom. The van der Waals surface area contributed by atoms with Gasteiger partial charge in [-0.2, -0.15) is 0 Å². The molecule has 3 N–H and O–H groups in total. The standard InChI is InChI=1S/C4H11N.FH/c1-2-3-4-5;/h2-5H2,1H3;1H. The number of quaternary nitrogens is 1. The lowest BCUT2D eigenvalue weighted by Gasteiger charge is -1.77. The van der Waals surface area contributed by atoms with Crippen molar-refractivity contribution < 1.29 is 10.4 Å². The molecule has 40 valence electrons. The maximum Gasteiger partial charge on any atom is 0.0739 e. The normalized spacial score (nSPS) is 7.00. The lowest BCUT2D eigenvalue weighted by molar-refractivity contribution is -0.368. The van der Waals surface area contributed by atoms with Gasteiger partial charge in [-0.05, 0) is 6.42 Å². The Kier molecular flexibility index (Phi) is 13.7. The Labute approximate surface area is 37.9 Å². The fraction of sp³-hybridized carbons (Fsp3) is 1.00. The smallest absolute Gasteiger partial charge is 0.0739 e. The second-order valence-corrected chi connectivity index (χ2v) is 1.21. The average molecular weight is 93.1 g/mol. The van der Waals surface area contributed by atoms with Crippen molar-refractivity contribution in [2.24, 2.45) is 0 Å². The van der Waals surface area contributed by atoms with Crippen LogP contribution in [-0.4, -0.2) is 6.54 Å². The van der Waals surface area contributed by atoms with Gasteiger partial charge in [-0.15, -0.1) is 0 Å². The molecule has 0 saturated carbocycles. The average Bonchev–Trinajstić information content (AvgIpc) is 1.41. The van der Waals surface area contributed by atoms with Crippen molar-refractivity contribution in [2.45, 2.75) is 19.8 Å². The fourth-order valence-electron chi connectivity index (χ4n) is 0.250. The molecule has 0 spiro atoms. The molecule has 0 aliphatic heterocycles. The van der Waals surface area contributed by atoms with Crippen LogP contribution in [0.15, 0.2) is 0 Å². The van der Waals surface area contributed by atoms with E-state index in [1.54, 1.807) is 0 Å². The van der Waals surface area contributed by atoms with Gasteiger partial charge < -0.3 is 10.4 Å². The van der Waals surface area contributed by atoms with Crippen LogP contribution in [0.25, 0.3) is 0 Å². The molecular formula is C4H12FN. The summed E-state index contributed by atoms with van der Waals surface area (Å²) in [5.41, 5.74) is 3.68. The van der Waals surface area contributed by atoms with E-state index in [0.717, 1.165) is 6.54 Å². The summed E-state index contributed by atoms with van der Waals surface area (Å²) in [6, 6.07) is 0. The van der Waals surface area contributed by atoms with Crippen molar-refractivity contribution in [3.63, 3.8) is 0 Å². The summed E-state index contributed by atoms with van der Waals surface area (Å²) in [7, 11) is 0. The highest BCUT2D eigenvalue weighted by atomic mass is 19.0. The van der Waals surface area contributed by atoms with E-state index >= 15 is 0 Å². The van der Waals surface area contributed by atoms with Crippen molar-refractivity contribution in [3.05, 3.63) is 0 Å². The van der Waals surface area contributed by atoms with Gasteiger partial charge in [-0.1, -0.05) is 13.3 Å². The van der Waals surface area contributed by atoms with Gasteiger partial charge in [0.25, 0.3) is 0 Å². The quantitative estimate of drug-likeness (QED) is 0.377. The van der Waals surface area contributed by atoms with E-state index in [9.17, 15) is 0 Å². The highest BCUT2D eigenvalue weighted by Crippen LogP contribution is 1.75. The van der Waals surface area contributed by atoms with Gasteiger partial charge in [0.05, 0.1) is 6.54 Å².